The highest BCUT2D eigenvalue weighted by molar-refractivity contribution is 7.89. The summed E-state index contributed by atoms with van der Waals surface area (Å²) in [5.74, 6) is 6.09. The van der Waals surface area contributed by atoms with Crippen molar-refractivity contribution >= 4 is 10.0 Å². The van der Waals surface area contributed by atoms with Gasteiger partial charge in [-0.3, -0.25) is 0 Å². The lowest BCUT2D eigenvalue weighted by atomic mass is 10.2. The first-order chi connectivity index (χ1) is 9.82. The monoisotopic (exact) mass is 310 g/mol. The van der Waals surface area contributed by atoms with Gasteiger partial charge in [-0.05, 0) is 24.1 Å². The van der Waals surface area contributed by atoms with Crippen molar-refractivity contribution in [1.82, 2.24) is 4.31 Å². The average molecular weight is 310 g/mol. The topological polar surface area (TPSA) is 72.6 Å². The van der Waals surface area contributed by atoms with Crippen molar-refractivity contribution in [3.05, 3.63) is 23.8 Å². The quantitative estimate of drug-likeness (QED) is 0.832. The summed E-state index contributed by atoms with van der Waals surface area (Å²) in [4.78, 5) is 0.122. The van der Waals surface area contributed by atoms with Crippen LogP contribution in [0.2, 0.25) is 0 Å². The molecule has 1 rings (SSSR count). The van der Waals surface area contributed by atoms with Gasteiger partial charge in [0.2, 0.25) is 10.0 Å². The van der Waals surface area contributed by atoms with Gasteiger partial charge >= 0.3 is 0 Å². The summed E-state index contributed by atoms with van der Waals surface area (Å²) in [6.07, 6.45) is 0. The van der Waals surface area contributed by atoms with E-state index in [9.17, 15) is 8.42 Å². The largest absolute Gasteiger partial charge is 0.495 e. The van der Waals surface area contributed by atoms with Gasteiger partial charge in [0.05, 0.1) is 13.7 Å². The van der Waals surface area contributed by atoms with Crippen LogP contribution < -0.4 is 10.5 Å². The molecule has 0 aliphatic heterocycles. The molecule has 0 radical (unpaired) electrons. The molecule has 0 amide bonds. The summed E-state index contributed by atoms with van der Waals surface area (Å²) in [7, 11) is -0.606. The minimum absolute atomic E-state index is 0.122. The molecule has 0 aromatic heterocycles. The molecule has 6 heteroatoms. The number of nitrogens with two attached hydrogens (primary N) is 1. The predicted molar refractivity (Wildman–Crippen MR) is 83.6 cm³/mol. The third kappa shape index (κ3) is 4.46. The molecule has 0 spiro atoms. The molecule has 0 atom stereocenters. The van der Waals surface area contributed by atoms with E-state index in [1.165, 1.54) is 17.5 Å². The van der Waals surface area contributed by atoms with E-state index in [1.807, 2.05) is 13.8 Å². The van der Waals surface area contributed by atoms with Crippen LogP contribution >= 0.6 is 0 Å². The van der Waals surface area contributed by atoms with Gasteiger partial charge in [-0.25, -0.2) is 12.7 Å². The van der Waals surface area contributed by atoms with Crippen molar-refractivity contribution < 1.29 is 13.2 Å². The van der Waals surface area contributed by atoms with Crippen LogP contribution in [-0.4, -0.2) is 40.0 Å². The van der Waals surface area contributed by atoms with Crippen molar-refractivity contribution in [1.29, 1.82) is 0 Å². The number of ether oxygens (including phenoxy) is 1. The number of benzene rings is 1. The Kier molecular flexibility index (Phi) is 6.21. The summed E-state index contributed by atoms with van der Waals surface area (Å²) in [6, 6.07) is 4.84. The molecule has 2 N–H and O–H groups in total. The number of nitrogens with zero attached hydrogens (tertiary/aromatic N) is 1. The Morgan fingerprint density at radius 2 is 2.05 bits per heavy atom. The van der Waals surface area contributed by atoms with Crippen LogP contribution in [0.5, 0.6) is 5.75 Å². The molecule has 116 valence electrons. The molecular formula is C15H22N2O3S. The third-order valence-corrected chi connectivity index (χ3v) is 4.65. The Hall–Kier alpha value is -1.55. The lowest BCUT2D eigenvalue weighted by Crippen LogP contribution is -2.30. The van der Waals surface area contributed by atoms with Crippen LogP contribution in [0.1, 0.15) is 19.4 Å². The number of sulfonamides is 1. The predicted octanol–water partition coefficient (Wildman–Crippen LogP) is 1.28. The van der Waals surface area contributed by atoms with Crippen LogP contribution in [0.25, 0.3) is 0 Å². The second kappa shape index (κ2) is 7.46. The molecule has 1 aromatic carbocycles. The molecule has 0 saturated carbocycles. The zero-order valence-corrected chi connectivity index (χ0v) is 13.7. The van der Waals surface area contributed by atoms with Crippen LogP contribution in [0, 0.1) is 17.8 Å². The Balaban J connectivity index is 3.31. The minimum atomic E-state index is -3.62. The summed E-state index contributed by atoms with van der Waals surface area (Å²) in [5.41, 5.74) is 5.93. The Bertz CT molecular complexity index is 643. The molecule has 0 unspecified atom stereocenters. The Morgan fingerprint density at radius 3 is 2.57 bits per heavy atom. The summed E-state index contributed by atoms with van der Waals surface area (Å²) in [5, 5.41) is 0. The molecule has 0 heterocycles. The molecule has 0 bridgehead atoms. The summed E-state index contributed by atoms with van der Waals surface area (Å²) in [6.45, 7) is 4.59. The van der Waals surface area contributed by atoms with E-state index in [-0.39, 0.29) is 17.4 Å². The van der Waals surface area contributed by atoms with Gasteiger partial charge in [-0.15, -0.1) is 0 Å². The summed E-state index contributed by atoms with van der Waals surface area (Å²) < 4.78 is 31.8. The van der Waals surface area contributed by atoms with Crippen LogP contribution in [-0.2, 0) is 10.0 Å². The normalized spacial score (nSPS) is 11.4. The van der Waals surface area contributed by atoms with Crippen LogP contribution in [0.15, 0.2) is 23.1 Å². The molecule has 0 aliphatic rings. The van der Waals surface area contributed by atoms with Crippen molar-refractivity contribution in [2.24, 2.45) is 11.7 Å². The summed E-state index contributed by atoms with van der Waals surface area (Å²) >= 11 is 0. The first-order valence-corrected chi connectivity index (χ1v) is 8.10. The standard InChI is InChI=1S/C15H22N2O3S/c1-12(2)11-17(3)21(18,19)15-10-13(6-5-9-16)7-8-14(15)20-4/h7-8,10,12H,9,11,16H2,1-4H3. The van der Waals surface area contributed by atoms with Crippen LogP contribution in [0.4, 0.5) is 0 Å². The maximum absolute atomic E-state index is 12.6. The lowest BCUT2D eigenvalue weighted by molar-refractivity contribution is 0.391. The van der Waals surface area contributed by atoms with Crippen molar-refractivity contribution in [3.63, 3.8) is 0 Å². The third-order valence-electron chi connectivity index (χ3n) is 2.81. The van der Waals surface area contributed by atoms with Gasteiger partial charge < -0.3 is 10.5 Å². The highest BCUT2D eigenvalue weighted by Gasteiger charge is 2.25. The fourth-order valence-corrected chi connectivity index (χ4v) is 3.40. The van der Waals surface area contributed by atoms with E-state index < -0.39 is 10.0 Å². The number of hydrogen-bond donors (Lipinski definition) is 1. The van der Waals surface area contributed by atoms with Crippen LogP contribution in [0.3, 0.4) is 0 Å². The van der Waals surface area contributed by atoms with Crippen molar-refractivity contribution in [3.8, 4) is 17.6 Å². The van der Waals surface area contributed by atoms with Crippen molar-refractivity contribution in [2.75, 3.05) is 27.2 Å². The number of rotatable bonds is 5. The second-order valence-corrected chi connectivity index (χ2v) is 7.06. The number of hydrogen-bond acceptors (Lipinski definition) is 4. The van der Waals surface area contributed by atoms with Gasteiger partial charge in [0.1, 0.15) is 10.6 Å². The van der Waals surface area contributed by atoms with Gasteiger partial charge in [0, 0.05) is 19.2 Å². The molecule has 0 aliphatic carbocycles. The van der Waals surface area contributed by atoms with Gasteiger partial charge in [-0.1, -0.05) is 25.7 Å². The molecule has 1 aromatic rings. The molecular weight excluding hydrogens is 288 g/mol. The molecule has 0 fully saturated rings. The second-order valence-electron chi connectivity index (χ2n) is 5.05. The molecule has 0 saturated heterocycles. The van der Waals surface area contributed by atoms with Gasteiger partial charge in [0.15, 0.2) is 0 Å². The van der Waals surface area contributed by atoms with Gasteiger partial charge in [0.25, 0.3) is 0 Å². The lowest BCUT2D eigenvalue weighted by Gasteiger charge is -2.20. The Labute approximate surface area is 127 Å². The highest BCUT2D eigenvalue weighted by atomic mass is 32.2. The van der Waals surface area contributed by atoms with E-state index in [4.69, 9.17) is 10.5 Å². The zero-order chi connectivity index (χ0) is 16.0. The number of methoxy groups -OCH3 is 1. The maximum atomic E-state index is 12.6. The van der Waals surface area contributed by atoms with Gasteiger partial charge in [-0.2, -0.15) is 0 Å². The smallest absolute Gasteiger partial charge is 0.246 e. The SMILES string of the molecule is COc1ccc(C#CCN)cc1S(=O)(=O)N(C)CC(C)C. The first-order valence-electron chi connectivity index (χ1n) is 6.66. The average Bonchev–Trinajstić information content (AvgIpc) is 2.44. The zero-order valence-electron chi connectivity index (χ0n) is 12.9. The van der Waals surface area contributed by atoms with E-state index in [1.54, 1.807) is 19.2 Å². The molecule has 5 nitrogen and oxygen atoms in total. The van der Waals surface area contributed by atoms with E-state index >= 15 is 0 Å². The fraction of sp³-hybridized carbons (Fsp3) is 0.467. The van der Waals surface area contributed by atoms with E-state index in [0.717, 1.165) is 0 Å². The van der Waals surface area contributed by atoms with E-state index in [2.05, 4.69) is 11.8 Å². The highest BCUT2D eigenvalue weighted by Crippen LogP contribution is 2.27. The minimum Gasteiger partial charge on any atom is -0.495 e. The molecule has 21 heavy (non-hydrogen) atoms. The van der Waals surface area contributed by atoms with E-state index in [0.29, 0.717) is 17.9 Å². The first kappa shape index (κ1) is 17.5. The fourth-order valence-electron chi connectivity index (χ4n) is 1.89. The Morgan fingerprint density at radius 1 is 1.38 bits per heavy atom. The van der Waals surface area contributed by atoms with Crippen molar-refractivity contribution in [2.45, 2.75) is 18.7 Å². The maximum Gasteiger partial charge on any atom is 0.246 e.